The number of carbonyl (C=O) groups excluding carboxylic acids is 2. The maximum Gasteiger partial charge on any atom is 0.305 e. The van der Waals surface area contributed by atoms with E-state index in [0.717, 1.165) is 51.4 Å². The molecule has 0 rings (SSSR count). The molecule has 1 amide bonds. The molecule has 0 spiro atoms. The van der Waals surface area contributed by atoms with Crippen molar-refractivity contribution >= 4 is 11.9 Å². The van der Waals surface area contributed by atoms with E-state index in [1.54, 1.807) is 0 Å². The van der Waals surface area contributed by atoms with Gasteiger partial charge in [0.1, 0.15) is 0 Å². The van der Waals surface area contributed by atoms with E-state index in [-0.39, 0.29) is 18.5 Å². The summed E-state index contributed by atoms with van der Waals surface area (Å²) in [6, 6.07) is -0.542. The van der Waals surface area contributed by atoms with Crippen LogP contribution in [0.4, 0.5) is 0 Å². The highest BCUT2D eigenvalue weighted by molar-refractivity contribution is 5.76. The van der Waals surface area contributed by atoms with Gasteiger partial charge in [-0.1, -0.05) is 384 Å². The molecule has 0 bridgehead atoms. The van der Waals surface area contributed by atoms with Gasteiger partial charge in [0.2, 0.25) is 5.91 Å². The predicted molar refractivity (Wildman–Crippen MR) is 379 cm³/mol. The predicted octanol–water partition coefficient (Wildman–Crippen LogP) is 25.8. The van der Waals surface area contributed by atoms with Crippen LogP contribution in [0.1, 0.15) is 438 Å². The first-order valence-electron chi connectivity index (χ1n) is 39.2. The molecule has 6 nitrogen and oxygen atoms in total. The molecule has 0 saturated carbocycles. The number of rotatable bonds is 74. The topological polar surface area (TPSA) is 95.9 Å². The minimum Gasteiger partial charge on any atom is -0.466 e. The lowest BCUT2D eigenvalue weighted by Gasteiger charge is -2.22. The summed E-state index contributed by atoms with van der Waals surface area (Å²) < 4.78 is 5.48. The van der Waals surface area contributed by atoms with Gasteiger partial charge in [0.15, 0.2) is 0 Å². The van der Waals surface area contributed by atoms with E-state index in [1.165, 1.54) is 353 Å². The SMILES string of the molecule is CCCC/C=C\C/C=C\CCCCCCCC(=O)OCCCCCCCCCCCCCC/C=C\CCCCCCCCCCCCCCCCC(=O)NC(CO)C(O)CCCCCCCCCCCCCCCCCCCCCCCCCCC. The minimum absolute atomic E-state index is 0.00315. The fraction of sp³-hybridized carbons (Fsp3) is 0.900. The van der Waals surface area contributed by atoms with Gasteiger partial charge in [0.25, 0.3) is 0 Å². The van der Waals surface area contributed by atoms with Crippen LogP contribution < -0.4 is 5.32 Å². The zero-order valence-electron chi connectivity index (χ0n) is 58.3. The van der Waals surface area contributed by atoms with Gasteiger partial charge in [0.05, 0.1) is 25.4 Å². The van der Waals surface area contributed by atoms with Gasteiger partial charge >= 0.3 is 5.97 Å². The fourth-order valence-corrected chi connectivity index (χ4v) is 12.4. The quantitative estimate of drug-likeness (QED) is 0.0320. The summed E-state index contributed by atoms with van der Waals surface area (Å²) in [6.07, 6.45) is 98.0. The van der Waals surface area contributed by atoms with Crippen LogP contribution in [0.25, 0.3) is 0 Å². The molecule has 2 atom stereocenters. The summed E-state index contributed by atoms with van der Waals surface area (Å²) in [7, 11) is 0. The summed E-state index contributed by atoms with van der Waals surface area (Å²) in [5, 5.41) is 23.5. The molecule has 0 aromatic rings. The number of aliphatic hydroxyl groups excluding tert-OH is 2. The van der Waals surface area contributed by atoms with Gasteiger partial charge in [-0.3, -0.25) is 9.59 Å². The minimum atomic E-state index is -0.665. The van der Waals surface area contributed by atoms with Crippen molar-refractivity contribution in [1.82, 2.24) is 5.32 Å². The Morgan fingerprint density at radius 3 is 0.930 bits per heavy atom. The molecule has 508 valence electrons. The Morgan fingerprint density at radius 1 is 0.326 bits per heavy atom. The smallest absolute Gasteiger partial charge is 0.305 e. The molecule has 0 saturated heterocycles. The van der Waals surface area contributed by atoms with Crippen molar-refractivity contribution in [3.63, 3.8) is 0 Å². The van der Waals surface area contributed by atoms with Crippen LogP contribution in [0.5, 0.6) is 0 Å². The van der Waals surface area contributed by atoms with Crippen LogP contribution in [-0.4, -0.2) is 47.4 Å². The zero-order valence-corrected chi connectivity index (χ0v) is 58.3. The van der Waals surface area contributed by atoms with Crippen molar-refractivity contribution in [3.8, 4) is 0 Å². The van der Waals surface area contributed by atoms with E-state index in [9.17, 15) is 19.8 Å². The molecule has 0 fully saturated rings. The molecule has 6 heteroatoms. The number of amides is 1. The van der Waals surface area contributed by atoms with Gasteiger partial charge in [-0.2, -0.15) is 0 Å². The Hall–Kier alpha value is -1.92. The number of ether oxygens (including phenoxy) is 1. The maximum atomic E-state index is 12.6. The summed E-state index contributed by atoms with van der Waals surface area (Å²) in [5.41, 5.74) is 0. The number of hydrogen-bond acceptors (Lipinski definition) is 5. The molecule has 0 heterocycles. The van der Waals surface area contributed by atoms with Crippen molar-refractivity contribution < 1.29 is 24.5 Å². The summed E-state index contributed by atoms with van der Waals surface area (Å²) >= 11 is 0. The fourth-order valence-electron chi connectivity index (χ4n) is 12.4. The van der Waals surface area contributed by atoms with Gasteiger partial charge in [0, 0.05) is 12.8 Å². The largest absolute Gasteiger partial charge is 0.466 e. The molecular weight excluding hydrogens is 1050 g/mol. The Morgan fingerprint density at radius 2 is 0.593 bits per heavy atom. The van der Waals surface area contributed by atoms with Gasteiger partial charge < -0.3 is 20.3 Å². The van der Waals surface area contributed by atoms with E-state index in [4.69, 9.17) is 4.74 Å². The molecule has 0 aliphatic carbocycles. The Labute approximate surface area is 538 Å². The molecular formula is C80H153NO5. The highest BCUT2D eigenvalue weighted by Gasteiger charge is 2.20. The van der Waals surface area contributed by atoms with Crippen LogP contribution in [0.3, 0.4) is 0 Å². The van der Waals surface area contributed by atoms with Crippen LogP contribution >= 0.6 is 0 Å². The third kappa shape index (κ3) is 71.2. The Kier molecular flexibility index (Phi) is 73.9. The number of hydrogen-bond donors (Lipinski definition) is 3. The van der Waals surface area contributed by atoms with Gasteiger partial charge in [-0.15, -0.1) is 0 Å². The van der Waals surface area contributed by atoms with E-state index in [2.05, 4.69) is 55.6 Å². The third-order valence-corrected chi connectivity index (χ3v) is 18.4. The second kappa shape index (κ2) is 75.5. The van der Waals surface area contributed by atoms with E-state index in [0.29, 0.717) is 25.9 Å². The number of allylic oxidation sites excluding steroid dienone is 6. The highest BCUT2D eigenvalue weighted by atomic mass is 16.5. The first-order chi connectivity index (χ1) is 42.5. The zero-order chi connectivity index (χ0) is 62.0. The molecule has 0 aliphatic heterocycles. The second-order valence-electron chi connectivity index (χ2n) is 27.0. The molecule has 0 aromatic heterocycles. The van der Waals surface area contributed by atoms with Crippen LogP contribution in [0, 0.1) is 0 Å². The number of esters is 1. The van der Waals surface area contributed by atoms with Crippen molar-refractivity contribution in [2.45, 2.75) is 450 Å². The molecule has 0 aromatic carbocycles. The monoisotopic (exact) mass is 1210 g/mol. The lowest BCUT2D eigenvalue weighted by molar-refractivity contribution is -0.143. The second-order valence-corrected chi connectivity index (χ2v) is 27.0. The standard InChI is InChI=1S/C80H153NO5/c1-3-5-7-9-11-13-15-17-19-20-21-22-23-30-33-36-39-42-45-48-52-56-60-64-68-72-78(83)77(76-82)81-79(84)73-69-65-61-57-53-49-46-43-40-37-34-31-28-26-24-25-27-29-32-35-38-41-44-47-51-55-59-63-67-71-75-86-80(85)74-70-66-62-58-54-50-18-16-14-12-10-8-6-4-2/h10,12,16,18,25,27,77-78,82-83H,3-9,11,13-15,17,19-24,26,28-76H2,1-2H3,(H,81,84)/b12-10-,18-16-,27-25-. The van der Waals surface area contributed by atoms with Crippen molar-refractivity contribution in [3.05, 3.63) is 36.5 Å². The number of aliphatic hydroxyl groups is 2. The van der Waals surface area contributed by atoms with Crippen LogP contribution in [0.2, 0.25) is 0 Å². The van der Waals surface area contributed by atoms with Crippen LogP contribution in [0.15, 0.2) is 36.5 Å². The Balaban J connectivity index is 3.37. The highest BCUT2D eigenvalue weighted by Crippen LogP contribution is 2.20. The summed E-state index contributed by atoms with van der Waals surface area (Å²) in [5.74, 6) is -0.0250. The molecule has 0 radical (unpaired) electrons. The van der Waals surface area contributed by atoms with Crippen molar-refractivity contribution in [1.29, 1.82) is 0 Å². The third-order valence-electron chi connectivity index (χ3n) is 18.4. The average Bonchev–Trinajstić information content (AvgIpc) is 3.54. The van der Waals surface area contributed by atoms with Crippen molar-refractivity contribution in [2.24, 2.45) is 0 Å². The number of unbranched alkanes of at least 4 members (excludes halogenated alkanes) is 57. The van der Waals surface area contributed by atoms with E-state index in [1.807, 2.05) is 0 Å². The summed E-state index contributed by atoms with van der Waals surface area (Å²) in [4.78, 5) is 24.6. The van der Waals surface area contributed by atoms with Gasteiger partial charge in [-0.25, -0.2) is 0 Å². The first-order valence-corrected chi connectivity index (χ1v) is 39.2. The number of nitrogens with one attached hydrogen (secondary N) is 1. The van der Waals surface area contributed by atoms with Gasteiger partial charge in [-0.05, 0) is 77.0 Å². The van der Waals surface area contributed by atoms with E-state index < -0.39 is 12.1 Å². The Bertz CT molecular complexity index is 1390. The number of carbonyl (C=O) groups is 2. The molecule has 3 N–H and O–H groups in total. The normalized spacial score (nSPS) is 12.7. The lowest BCUT2D eigenvalue weighted by Crippen LogP contribution is -2.45. The average molecular weight is 1210 g/mol. The molecule has 0 aliphatic rings. The maximum absolute atomic E-state index is 12.6. The molecule has 2 unspecified atom stereocenters. The van der Waals surface area contributed by atoms with Crippen molar-refractivity contribution in [2.75, 3.05) is 13.2 Å². The molecule has 86 heavy (non-hydrogen) atoms. The van der Waals surface area contributed by atoms with E-state index >= 15 is 0 Å². The first kappa shape index (κ1) is 84.1. The lowest BCUT2D eigenvalue weighted by atomic mass is 10.0. The summed E-state index contributed by atoms with van der Waals surface area (Å²) in [6.45, 7) is 4.95. The van der Waals surface area contributed by atoms with Crippen LogP contribution in [-0.2, 0) is 14.3 Å².